The summed E-state index contributed by atoms with van der Waals surface area (Å²) in [6, 6.07) is 35.1. The van der Waals surface area contributed by atoms with Crippen LogP contribution >= 0.6 is 11.6 Å². The van der Waals surface area contributed by atoms with E-state index in [1.807, 2.05) is 37.3 Å². The van der Waals surface area contributed by atoms with Gasteiger partial charge in [0.25, 0.3) is 11.9 Å². The number of benzene rings is 5. The molecule has 12 heteroatoms. The smallest absolute Gasteiger partial charge is 0.323 e. The van der Waals surface area contributed by atoms with Crippen LogP contribution < -0.4 is 31.7 Å². The van der Waals surface area contributed by atoms with Gasteiger partial charge in [-0.1, -0.05) is 43.3 Å². The Hall–Kier alpha value is -6.33. The second-order valence-corrected chi connectivity index (χ2v) is 11.1. The Morgan fingerprint density at radius 3 is 1.76 bits per heavy atom. The van der Waals surface area contributed by atoms with Gasteiger partial charge in [-0.3, -0.25) is 15.0 Å². The van der Waals surface area contributed by atoms with Crippen molar-refractivity contribution in [3.05, 3.63) is 143 Å². The maximum Gasteiger partial charge on any atom is 0.323 e. The minimum Gasteiger partial charge on any atom is -0.481 e. The Labute approximate surface area is 296 Å². The number of aliphatic carboxylic acids is 1. The van der Waals surface area contributed by atoms with E-state index >= 15 is 0 Å². The van der Waals surface area contributed by atoms with Gasteiger partial charge in [-0.15, -0.1) is 0 Å². The van der Waals surface area contributed by atoms with Crippen LogP contribution in [0.2, 0.25) is 5.02 Å². The largest absolute Gasteiger partial charge is 0.481 e. The Kier molecular flexibility index (Phi) is 13.9. The average molecular weight is 695 g/mol. The molecule has 0 aliphatic heterocycles. The quantitative estimate of drug-likeness (QED) is 0.0562. The van der Waals surface area contributed by atoms with Gasteiger partial charge in [0.2, 0.25) is 0 Å². The van der Waals surface area contributed by atoms with Crippen LogP contribution in [0.5, 0.6) is 11.5 Å². The highest BCUT2D eigenvalue weighted by atomic mass is 35.5. The number of nitrogen functional groups attached to an aromatic ring is 1. The van der Waals surface area contributed by atoms with Gasteiger partial charge >= 0.3 is 6.03 Å². The number of carboxylic acids is 1. The monoisotopic (exact) mass is 694 g/mol. The van der Waals surface area contributed by atoms with Crippen LogP contribution in [0.1, 0.15) is 48.8 Å². The summed E-state index contributed by atoms with van der Waals surface area (Å²) in [6.07, 6.45) is 0. The molecule has 0 bridgehead atoms. The van der Waals surface area contributed by atoms with E-state index in [0.717, 1.165) is 18.2 Å². The van der Waals surface area contributed by atoms with Gasteiger partial charge in [-0.25, -0.2) is 4.79 Å². The molecule has 8 N–H and O–H groups in total. The Morgan fingerprint density at radius 2 is 1.20 bits per heavy atom. The number of nitrogens with one attached hydrogen (secondary N) is 5. The molecule has 5 aromatic rings. The van der Waals surface area contributed by atoms with E-state index in [4.69, 9.17) is 37.4 Å². The van der Waals surface area contributed by atoms with Crippen LogP contribution in [0, 0.1) is 5.41 Å². The van der Waals surface area contributed by atoms with Gasteiger partial charge in [0, 0.05) is 40.5 Å². The molecular weight excluding hydrogens is 656 g/mol. The molecule has 1 unspecified atom stereocenters. The van der Waals surface area contributed by atoms with Gasteiger partial charge in [-0.05, 0) is 110 Å². The van der Waals surface area contributed by atoms with Crippen molar-refractivity contribution >= 4 is 58.1 Å². The van der Waals surface area contributed by atoms with E-state index in [9.17, 15) is 9.59 Å². The number of anilines is 4. The lowest BCUT2D eigenvalue weighted by Crippen LogP contribution is -2.21. The van der Waals surface area contributed by atoms with Crippen molar-refractivity contribution < 1.29 is 24.2 Å². The fourth-order valence-corrected chi connectivity index (χ4v) is 4.55. The molecule has 258 valence electrons. The number of hydrogen-bond donors (Lipinski definition) is 7. The van der Waals surface area contributed by atoms with Gasteiger partial charge in [0.05, 0.1) is 11.4 Å². The normalized spacial score (nSPS) is 10.5. The molecule has 0 spiro atoms. The molecule has 0 aliphatic rings. The summed E-state index contributed by atoms with van der Waals surface area (Å²) >= 11 is 5.92. The summed E-state index contributed by atoms with van der Waals surface area (Å²) < 4.78 is 5.81. The van der Waals surface area contributed by atoms with E-state index in [1.165, 1.54) is 0 Å². The number of para-hydroxylation sites is 2. The van der Waals surface area contributed by atoms with Crippen molar-refractivity contribution in [2.24, 2.45) is 5.73 Å². The first-order valence-electron chi connectivity index (χ1n) is 15.0. The number of ether oxygens (including phenoxy) is 1. The summed E-state index contributed by atoms with van der Waals surface area (Å²) in [5.74, 6) is 0.199. The Morgan fingerprint density at radius 1 is 0.720 bits per heavy atom. The fourth-order valence-electron chi connectivity index (χ4n) is 4.42. The predicted octanol–water partition coefficient (Wildman–Crippen LogP) is 9.21. The molecule has 0 aromatic heterocycles. The van der Waals surface area contributed by atoms with Crippen LogP contribution in [0.15, 0.2) is 121 Å². The van der Waals surface area contributed by atoms with E-state index in [2.05, 4.69) is 21.3 Å². The maximum absolute atomic E-state index is 12.9. The molecular formula is C38H39ClN6O5. The number of rotatable bonds is 10. The molecule has 0 radical (unpaired) electrons. The molecule has 0 heterocycles. The topological polar surface area (TPSA) is 179 Å². The lowest BCUT2D eigenvalue weighted by Gasteiger charge is -2.19. The van der Waals surface area contributed by atoms with Crippen LogP contribution in [0.3, 0.4) is 0 Å². The second kappa shape index (κ2) is 18.3. The molecule has 0 aliphatic carbocycles. The molecule has 50 heavy (non-hydrogen) atoms. The molecule has 0 saturated carbocycles. The van der Waals surface area contributed by atoms with Crippen LogP contribution in [0.4, 0.5) is 27.5 Å². The SMILES string of the molecule is C.CC(=O)O.CC(Nc1ccccc1NC(=O)Nc1ccc(C(=N)N)cc1)c1ccc(C(=O)Nc2ccc(Oc3ccc(Cl)cc3)cc2)cc1. The van der Waals surface area contributed by atoms with Crippen LogP contribution in [-0.2, 0) is 4.79 Å². The zero-order chi connectivity index (χ0) is 35.3. The number of carbonyl (C=O) groups is 3. The van der Waals surface area contributed by atoms with E-state index < -0.39 is 12.0 Å². The van der Waals surface area contributed by atoms with Crippen molar-refractivity contribution in [2.45, 2.75) is 27.3 Å². The number of carbonyl (C=O) groups excluding carboxylic acids is 2. The van der Waals surface area contributed by atoms with E-state index in [-0.39, 0.29) is 25.2 Å². The number of hydrogen-bond acceptors (Lipinski definition) is 6. The Bertz CT molecular complexity index is 1900. The molecule has 11 nitrogen and oxygen atoms in total. The number of amidine groups is 1. The standard InChI is InChI=1S/C35H31ClN6O3.C2H4O2.CH4/c1-22(39-31-4-2-3-5-32(31)42-35(44)41-28-14-10-24(11-15-28)33(37)38)23-6-8-25(9-7-23)34(43)40-27-16-20-30(21-17-27)45-29-18-12-26(36)13-19-29;1-2(3)4;/h2-22,39H,1H3,(H3,37,38)(H,40,43)(H2,41,42,44);1H3,(H,3,4);1H4. The van der Waals surface area contributed by atoms with Crippen molar-refractivity contribution in [1.29, 1.82) is 5.41 Å². The zero-order valence-corrected chi connectivity index (χ0v) is 27.4. The van der Waals surface area contributed by atoms with E-state index in [0.29, 0.717) is 44.7 Å². The molecule has 0 saturated heterocycles. The van der Waals surface area contributed by atoms with Crippen LogP contribution in [0.25, 0.3) is 0 Å². The first-order chi connectivity index (χ1) is 23.5. The summed E-state index contributed by atoms with van der Waals surface area (Å²) in [4.78, 5) is 34.6. The first kappa shape index (κ1) is 38.1. The fraction of sp³-hybridized carbons (Fsp3) is 0.105. The maximum atomic E-state index is 12.9. The average Bonchev–Trinajstić information content (AvgIpc) is 3.07. The first-order valence-corrected chi connectivity index (χ1v) is 15.4. The van der Waals surface area contributed by atoms with Crippen molar-refractivity contribution in [3.63, 3.8) is 0 Å². The lowest BCUT2D eigenvalue weighted by atomic mass is 10.0. The minimum atomic E-state index is -0.833. The summed E-state index contributed by atoms with van der Waals surface area (Å²) in [5.41, 5.74) is 10.1. The number of nitrogens with two attached hydrogens (primary N) is 1. The van der Waals surface area contributed by atoms with Gasteiger partial charge in [0.15, 0.2) is 0 Å². The zero-order valence-electron chi connectivity index (χ0n) is 26.7. The van der Waals surface area contributed by atoms with Crippen molar-refractivity contribution in [2.75, 3.05) is 21.3 Å². The molecule has 5 rings (SSSR count). The molecule has 1 atom stereocenters. The third-order valence-corrected chi connectivity index (χ3v) is 7.09. The third-order valence-electron chi connectivity index (χ3n) is 6.84. The number of amides is 3. The van der Waals surface area contributed by atoms with Gasteiger partial charge in [-0.2, -0.15) is 0 Å². The number of halogens is 1. The highest BCUT2D eigenvalue weighted by Crippen LogP contribution is 2.28. The second-order valence-electron chi connectivity index (χ2n) is 10.7. The minimum absolute atomic E-state index is 0. The molecule has 5 aromatic carbocycles. The van der Waals surface area contributed by atoms with Gasteiger partial charge in [0.1, 0.15) is 17.3 Å². The van der Waals surface area contributed by atoms with E-state index in [1.54, 1.807) is 91.0 Å². The number of urea groups is 1. The predicted molar refractivity (Wildman–Crippen MR) is 201 cm³/mol. The lowest BCUT2D eigenvalue weighted by molar-refractivity contribution is -0.134. The Balaban J connectivity index is 0.00000128. The molecule has 3 amide bonds. The highest BCUT2D eigenvalue weighted by molar-refractivity contribution is 6.30. The summed E-state index contributed by atoms with van der Waals surface area (Å²) in [5, 5.41) is 27.5. The number of carboxylic acid groups (broad SMARTS) is 1. The van der Waals surface area contributed by atoms with Crippen molar-refractivity contribution in [1.82, 2.24) is 0 Å². The third kappa shape index (κ3) is 11.7. The summed E-state index contributed by atoms with van der Waals surface area (Å²) in [6.45, 7) is 3.08. The van der Waals surface area contributed by atoms with Crippen molar-refractivity contribution in [3.8, 4) is 11.5 Å². The highest BCUT2D eigenvalue weighted by Gasteiger charge is 2.13. The van der Waals surface area contributed by atoms with Gasteiger partial charge < -0.3 is 36.8 Å². The van der Waals surface area contributed by atoms with Crippen LogP contribution in [-0.4, -0.2) is 28.8 Å². The summed E-state index contributed by atoms with van der Waals surface area (Å²) in [7, 11) is 0. The molecule has 0 fully saturated rings.